The van der Waals surface area contributed by atoms with Crippen LogP contribution >= 0.6 is 0 Å². The summed E-state index contributed by atoms with van der Waals surface area (Å²) < 4.78 is 39.4. The summed E-state index contributed by atoms with van der Waals surface area (Å²) >= 11 is 0. The van der Waals surface area contributed by atoms with Gasteiger partial charge in [0.05, 0.1) is 5.56 Å². The van der Waals surface area contributed by atoms with Crippen LogP contribution in [0.2, 0.25) is 0 Å². The minimum Gasteiger partial charge on any atom is -0.373 e. The lowest BCUT2D eigenvalue weighted by atomic mass is 10.2. The number of alkyl halides is 3. The Morgan fingerprint density at radius 2 is 2.10 bits per heavy atom. The number of nitrogens with zero attached hydrogens (tertiary/aromatic N) is 3. The minimum absolute atomic E-state index is 0.0333. The van der Waals surface area contributed by atoms with Crippen molar-refractivity contribution in [2.45, 2.75) is 6.18 Å². The van der Waals surface area contributed by atoms with Gasteiger partial charge in [0.15, 0.2) is 5.82 Å². The van der Waals surface area contributed by atoms with Crippen molar-refractivity contribution < 1.29 is 18.0 Å². The van der Waals surface area contributed by atoms with E-state index >= 15 is 0 Å². The van der Waals surface area contributed by atoms with Gasteiger partial charge < -0.3 is 11.1 Å². The number of nitrogens with two attached hydrogens (primary N) is 1. The number of hydrogen-bond donors (Lipinski definition) is 2. The lowest BCUT2D eigenvalue weighted by molar-refractivity contribution is -0.137. The Morgan fingerprint density at radius 1 is 1.40 bits per heavy atom. The number of hydrogen-bond acceptors (Lipinski definition) is 4. The van der Waals surface area contributed by atoms with E-state index in [2.05, 4.69) is 15.4 Å². The quantitative estimate of drug-likeness (QED) is 0.893. The van der Waals surface area contributed by atoms with Crippen molar-refractivity contribution in [3.8, 4) is 5.82 Å². The molecule has 0 aromatic carbocycles. The number of pyridine rings is 1. The first-order valence-electron chi connectivity index (χ1n) is 5.44. The molecule has 0 spiro atoms. The molecule has 0 atom stereocenters. The fourth-order valence-corrected chi connectivity index (χ4v) is 1.51. The van der Waals surface area contributed by atoms with Crippen molar-refractivity contribution >= 4 is 11.7 Å². The van der Waals surface area contributed by atoms with Gasteiger partial charge in [0.2, 0.25) is 0 Å². The van der Waals surface area contributed by atoms with Gasteiger partial charge in [-0.15, -0.1) is 0 Å². The predicted molar refractivity (Wildman–Crippen MR) is 64.4 cm³/mol. The van der Waals surface area contributed by atoms with Crippen LogP contribution in [0.1, 0.15) is 16.1 Å². The molecule has 6 nitrogen and oxygen atoms in total. The normalized spacial score (nSPS) is 11.4. The zero-order valence-corrected chi connectivity index (χ0v) is 10.3. The van der Waals surface area contributed by atoms with Crippen molar-refractivity contribution in [2.75, 3.05) is 12.4 Å². The Bertz CT molecular complexity index is 650. The summed E-state index contributed by atoms with van der Waals surface area (Å²) in [5.74, 6) is -0.813. The predicted octanol–water partition coefficient (Wildman–Crippen LogP) is 1.43. The fourth-order valence-electron chi connectivity index (χ4n) is 1.51. The van der Waals surface area contributed by atoms with Crippen LogP contribution in [-0.2, 0) is 6.18 Å². The van der Waals surface area contributed by atoms with Crippen LogP contribution in [0.15, 0.2) is 24.4 Å². The number of amides is 1. The van der Waals surface area contributed by atoms with Gasteiger partial charge in [-0.25, -0.2) is 9.67 Å². The van der Waals surface area contributed by atoms with E-state index in [-0.39, 0.29) is 17.3 Å². The largest absolute Gasteiger partial charge is 0.416 e. The molecule has 1 amide bonds. The highest BCUT2D eigenvalue weighted by molar-refractivity contribution is 5.90. The summed E-state index contributed by atoms with van der Waals surface area (Å²) in [7, 11) is 1.45. The number of primary amides is 1. The molecule has 0 aliphatic carbocycles. The van der Waals surface area contributed by atoms with Gasteiger partial charge in [-0.1, -0.05) is 0 Å². The van der Waals surface area contributed by atoms with Crippen LogP contribution in [0, 0.1) is 0 Å². The molecular weight excluding hydrogens is 275 g/mol. The average Bonchev–Trinajstić information content (AvgIpc) is 2.87. The van der Waals surface area contributed by atoms with Gasteiger partial charge in [-0.2, -0.15) is 18.3 Å². The summed E-state index contributed by atoms with van der Waals surface area (Å²) in [6, 6.07) is 3.00. The van der Waals surface area contributed by atoms with Crippen LogP contribution in [0.4, 0.5) is 19.0 Å². The molecule has 2 aromatic heterocycles. The zero-order chi connectivity index (χ0) is 14.9. The zero-order valence-electron chi connectivity index (χ0n) is 10.3. The van der Waals surface area contributed by atoms with E-state index in [0.29, 0.717) is 0 Å². The fraction of sp³-hybridized carbons (Fsp3) is 0.182. The molecule has 0 fully saturated rings. The molecule has 0 aliphatic heterocycles. The van der Waals surface area contributed by atoms with E-state index in [4.69, 9.17) is 5.73 Å². The van der Waals surface area contributed by atoms with Crippen molar-refractivity contribution in [3.05, 3.63) is 35.7 Å². The molecule has 0 radical (unpaired) electrons. The number of aromatic nitrogens is 3. The molecule has 0 saturated heterocycles. The lowest BCUT2D eigenvalue weighted by Gasteiger charge is -2.11. The maximum atomic E-state index is 12.8. The third-order valence-electron chi connectivity index (χ3n) is 2.47. The Kier molecular flexibility index (Phi) is 3.35. The summed E-state index contributed by atoms with van der Waals surface area (Å²) in [6.45, 7) is 0. The molecule has 3 N–H and O–H groups in total. The molecule has 0 saturated carbocycles. The second-order valence-electron chi connectivity index (χ2n) is 3.86. The number of halogens is 3. The Morgan fingerprint density at radius 3 is 2.60 bits per heavy atom. The van der Waals surface area contributed by atoms with E-state index in [1.54, 1.807) is 0 Å². The van der Waals surface area contributed by atoms with Gasteiger partial charge in [0.25, 0.3) is 5.91 Å². The lowest BCUT2D eigenvalue weighted by Crippen LogP contribution is -2.13. The standard InChI is InChI=1S/C11H10F3N5O/c1-16-8-4-6(11(12,13)14)5-9(17-8)19-3-2-7(18-19)10(15)20/h2-5H,1H3,(H2,15,20)(H,16,17). The SMILES string of the molecule is CNc1cc(C(F)(F)F)cc(-n2ccc(C(N)=O)n2)n1. The molecule has 20 heavy (non-hydrogen) atoms. The topological polar surface area (TPSA) is 85.8 Å². The van der Waals surface area contributed by atoms with Gasteiger partial charge >= 0.3 is 6.18 Å². The number of rotatable bonds is 3. The molecular formula is C11H10F3N5O. The van der Waals surface area contributed by atoms with Gasteiger partial charge in [0.1, 0.15) is 11.5 Å². The maximum Gasteiger partial charge on any atom is 0.416 e. The highest BCUT2D eigenvalue weighted by Crippen LogP contribution is 2.31. The van der Waals surface area contributed by atoms with Gasteiger partial charge in [-0.3, -0.25) is 4.79 Å². The van der Waals surface area contributed by atoms with Gasteiger partial charge in [-0.05, 0) is 18.2 Å². The van der Waals surface area contributed by atoms with Crippen LogP contribution < -0.4 is 11.1 Å². The molecule has 0 unspecified atom stereocenters. The van der Waals surface area contributed by atoms with Crippen LogP contribution in [0.25, 0.3) is 5.82 Å². The van der Waals surface area contributed by atoms with E-state index in [9.17, 15) is 18.0 Å². The Labute approximate surface area is 111 Å². The summed E-state index contributed by atoms with van der Waals surface area (Å²) in [5, 5.41) is 6.30. The molecule has 106 valence electrons. The molecule has 0 aliphatic rings. The number of carbonyl (C=O) groups is 1. The summed E-state index contributed by atoms with van der Waals surface area (Å²) in [5.41, 5.74) is 4.10. The highest BCUT2D eigenvalue weighted by Gasteiger charge is 2.31. The molecule has 2 rings (SSSR count). The molecule has 0 bridgehead atoms. The first-order valence-corrected chi connectivity index (χ1v) is 5.44. The third kappa shape index (κ3) is 2.71. The second-order valence-corrected chi connectivity index (χ2v) is 3.86. The first kappa shape index (κ1) is 13.8. The average molecular weight is 285 g/mol. The third-order valence-corrected chi connectivity index (χ3v) is 2.47. The first-order chi connectivity index (χ1) is 9.31. The summed E-state index contributed by atoms with van der Waals surface area (Å²) in [6.07, 6.45) is -3.20. The Hall–Kier alpha value is -2.58. The second kappa shape index (κ2) is 4.83. The highest BCUT2D eigenvalue weighted by atomic mass is 19.4. The van der Waals surface area contributed by atoms with E-state index < -0.39 is 17.6 Å². The van der Waals surface area contributed by atoms with Crippen molar-refractivity contribution in [1.82, 2.24) is 14.8 Å². The maximum absolute atomic E-state index is 12.8. The van der Waals surface area contributed by atoms with Crippen molar-refractivity contribution in [1.29, 1.82) is 0 Å². The molecule has 9 heteroatoms. The van der Waals surface area contributed by atoms with E-state index in [0.717, 1.165) is 16.8 Å². The monoisotopic (exact) mass is 285 g/mol. The van der Waals surface area contributed by atoms with E-state index in [1.807, 2.05) is 0 Å². The van der Waals surface area contributed by atoms with Crippen LogP contribution in [0.5, 0.6) is 0 Å². The smallest absolute Gasteiger partial charge is 0.373 e. The minimum atomic E-state index is -4.51. The number of nitrogens with one attached hydrogen (secondary N) is 1. The van der Waals surface area contributed by atoms with Crippen LogP contribution in [-0.4, -0.2) is 27.7 Å². The Balaban J connectivity index is 2.52. The van der Waals surface area contributed by atoms with Gasteiger partial charge in [0, 0.05) is 13.2 Å². The molecule has 2 aromatic rings. The molecule has 2 heterocycles. The van der Waals surface area contributed by atoms with Crippen molar-refractivity contribution in [3.63, 3.8) is 0 Å². The van der Waals surface area contributed by atoms with Crippen LogP contribution in [0.3, 0.4) is 0 Å². The van der Waals surface area contributed by atoms with E-state index in [1.165, 1.54) is 19.3 Å². The number of carbonyl (C=O) groups excluding carboxylic acids is 1. The number of anilines is 1. The summed E-state index contributed by atoms with van der Waals surface area (Å²) in [4.78, 5) is 14.9. The van der Waals surface area contributed by atoms with Crippen molar-refractivity contribution in [2.24, 2.45) is 5.73 Å².